The maximum absolute atomic E-state index is 13.0. The summed E-state index contributed by atoms with van der Waals surface area (Å²) in [4.78, 5) is 27.4. The van der Waals surface area contributed by atoms with Crippen molar-refractivity contribution in [3.8, 4) is 10.6 Å². The highest BCUT2D eigenvalue weighted by Gasteiger charge is 2.28. The van der Waals surface area contributed by atoms with Gasteiger partial charge in [-0.15, -0.1) is 11.3 Å². The molecule has 0 N–H and O–H groups in total. The van der Waals surface area contributed by atoms with Gasteiger partial charge in [-0.25, -0.2) is 9.97 Å². The highest BCUT2D eigenvalue weighted by atomic mass is 32.1. The van der Waals surface area contributed by atoms with Gasteiger partial charge >= 0.3 is 0 Å². The number of ether oxygens (including phenoxy) is 1. The van der Waals surface area contributed by atoms with E-state index in [-0.39, 0.29) is 5.78 Å². The summed E-state index contributed by atoms with van der Waals surface area (Å²) < 4.78 is 7.79. The number of hydrogen-bond acceptors (Lipinski definition) is 6. The number of thiazole rings is 1. The van der Waals surface area contributed by atoms with Crippen molar-refractivity contribution in [1.29, 1.82) is 0 Å². The monoisotopic (exact) mass is 416 g/mol. The molecule has 3 heterocycles. The molecular formula is C20H28N4O2SSi. The molecule has 0 aliphatic carbocycles. The van der Waals surface area contributed by atoms with E-state index in [1.807, 2.05) is 31.5 Å². The van der Waals surface area contributed by atoms with Crippen molar-refractivity contribution in [3.05, 3.63) is 29.7 Å². The van der Waals surface area contributed by atoms with E-state index in [2.05, 4.69) is 29.6 Å². The quantitative estimate of drug-likeness (QED) is 0.305. The Labute approximate surface area is 171 Å². The topological polar surface area (TPSA) is 69.9 Å². The van der Waals surface area contributed by atoms with Gasteiger partial charge in [-0.2, -0.15) is 0 Å². The Morgan fingerprint density at radius 3 is 2.61 bits per heavy atom. The van der Waals surface area contributed by atoms with Crippen LogP contribution in [0.25, 0.3) is 21.7 Å². The first-order valence-corrected chi connectivity index (χ1v) is 14.0. The zero-order valence-corrected chi connectivity index (χ0v) is 19.3. The van der Waals surface area contributed by atoms with Crippen LogP contribution in [0.2, 0.25) is 25.7 Å². The molecule has 28 heavy (non-hydrogen) atoms. The van der Waals surface area contributed by atoms with Crippen molar-refractivity contribution in [3.63, 3.8) is 0 Å². The number of nitrogens with zero attached hydrogens (tertiary/aromatic N) is 4. The van der Waals surface area contributed by atoms with Crippen LogP contribution in [-0.2, 0) is 11.5 Å². The molecule has 6 nitrogen and oxygen atoms in total. The van der Waals surface area contributed by atoms with Crippen molar-refractivity contribution in [2.75, 3.05) is 6.61 Å². The molecule has 0 spiro atoms. The molecule has 0 aliphatic rings. The molecule has 8 heteroatoms. The predicted octanol–water partition coefficient (Wildman–Crippen LogP) is 5.10. The van der Waals surface area contributed by atoms with Gasteiger partial charge in [-0.3, -0.25) is 9.78 Å². The van der Waals surface area contributed by atoms with Gasteiger partial charge in [0.05, 0.1) is 22.1 Å². The maximum atomic E-state index is 13.0. The summed E-state index contributed by atoms with van der Waals surface area (Å²) in [7, 11) is -1.15. The molecular weight excluding hydrogens is 388 g/mol. The molecule has 0 atom stereocenters. The van der Waals surface area contributed by atoms with Crippen molar-refractivity contribution in [1.82, 2.24) is 19.5 Å². The van der Waals surface area contributed by atoms with Crippen LogP contribution in [0.5, 0.6) is 0 Å². The van der Waals surface area contributed by atoms with E-state index in [0.717, 1.165) is 16.6 Å². The van der Waals surface area contributed by atoms with Crippen molar-refractivity contribution in [2.24, 2.45) is 5.41 Å². The minimum atomic E-state index is -1.15. The molecule has 0 aliphatic heterocycles. The van der Waals surface area contributed by atoms with Crippen molar-refractivity contribution in [2.45, 2.75) is 53.2 Å². The van der Waals surface area contributed by atoms with E-state index < -0.39 is 13.5 Å². The summed E-state index contributed by atoms with van der Waals surface area (Å²) in [5.74, 6) is 0.0501. The molecule has 0 saturated heterocycles. The van der Waals surface area contributed by atoms with Gasteiger partial charge in [0.2, 0.25) is 0 Å². The average Bonchev–Trinajstić information content (AvgIpc) is 3.24. The lowest BCUT2D eigenvalue weighted by Gasteiger charge is -2.16. The van der Waals surface area contributed by atoms with Gasteiger partial charge in [0, 0.05) is 32.5 Å². The van der Waals surface area contributed by atoms with Crippen molar-refractivity contribution >= 4 is 36.4 Å². The van der Waals surface area contributed by atoms with Gasteiger partial charge in [0.15, 0.2) is 11.4 Å². The van der Waals surface area contributed by atoms with Gasteiger partial charge in [-0.05, 0) is 6.04 Å². The predicted molar refractivity (Wildman–Crippen MR) is 117 cm³/mol. The van der Waals surface area contributed by atoms with Gasteiger partial charge < -0.3 is 9.30 Å². The first-order chi connectivity index (χ1) is 13.1. The Bertz CT molecular complexity index is 969. The fraction of sp³-hybridized carbons (Fsp3) is 0.500. The molecule has 3 aromatic rings. The lowest BCUT2D eigenvalue weighted by atomic mass is 9.87. The lowest BCUT2D eigenvalue weighted by Crippen LogP contribution is -2.22. The van der Waals surface area contributed by atoms with E-state index in [9.17, 15) is 4.79 Å². The molecule has 0 aromatic carbocycles. The number of carbonyl (C=O) groups is 1. The first-order valence-electron chi connectivity index (χ1n) is 9.43. The van der Waals surface area contributed by atoms with Gasteiger partial charge in [-0.1, -0.05) is 40.4 Å². The molecule has 0 bridgehead atoms. The van der Waals surface area contributed by atoms with E-state index in [4.69, 9.17) is 9.72 Å². The molecule has 3 rings (SSSR count). The fourth-order valence-corrected chi connectivity index (χ4v) is 4.06. The standard InChI is InChI=1S/C20H28N4O2SSi/c1-20(2,3)18(25)14-11-24(13-26-7-8-28(4,5)6)19-17(14)23-15(9-22-19)16-10-21-12-27-16/h9-12H,7-8,13H2,1-6H3. The zero-order valence-electron chi connectivity index (χ0n) is 17.4. The second-order valence-electron chi connectivity index (χ2n) is 9.23. The Morgan fingerprint density at radius 2 is 2.00 bits per heavy atom. The van der Waals surface area contributed by atoms with Crippen molar-refractivity contribution < 1.29 is 9.53 Å². The van der Waals surface area contributed by atoms with Crippen LogP contribution in [0.3, 0.4) is 0 Å². The molecule has 0 saturated carbocycles. The largest absolute Gasteiger partial charge is 0.361 e. The minimum Gasteiger partial charge on any atom is -0.361 e. The summed E-state index contributed by atoms with van der Waals surface area (Å²) >= 11 is 1.50. The van der Waals surface area contributed by atoms with Crippen LogP contribution < -0.4 is 0 Å². The smallest absolute Gasteiger partial charge is 0.171 e. The third-order valence-corrected chi connectivity index (χ3v) is 6.90. The first kappa shape index (κ1) is 20.8. The number of hydrogen-bond donors (Lipinski definition) is 0. The Hall–Kier alpha value is -1.90. The average molecular weight is 417 g/mol. The van der Waals surface area contributed by atoms with Crippen LogP contribution in [0, 0.1) is 5.41 Å². The van der Waals surface area contributed by atoms with Crippen LogP contribution in [0.1, 0.15) is 31.1 Å². The summed E-state index contributed by atoms with van der Waals surface area (Å²) in [6, 6.07) is 1.10. The third kappa shape index (κ3) is 4.74. The Morgan fingerprint density at radius 1 is 1.25 bits per heavy atom. The Balaban J connectivity index is 1.96. The highest BCUT2D eigenvalue weighted by molar-refractivity contribution is 7.13. The number of fused-ring (bicyclic) bond motifs is 1. The van der Waals surface area contributed by atoms with Crippen LogP contribution >= 0.6 is 11.3 Å². The third-order valence-electron chi connectivity index (χ3n) is 4.40. The molecule has 0 fully saturated rings. The summed E-state index contributed by atoms with van der Waals surface area (Å²) in [6.45, 7) is 13.8. The SMILES string of the molecule is CC(C)(C)C(=O)c1cn(COCC[Si](C)(C)C)c2ncc(-c3cncs3)nc12. The number of ketones is 1. The van der Waals surface area contributed by atoms with E-state index >= 15 is 0 Å². The molecule has 0 radical (unpaired) electrons. The number of Topliss-reactive ketones (excluding diaryl/α,β-unsaturated/α-hetero) is 1. The van der Waals surface area contributed by atoms with Gasteiger partial charge in [0.25, 0.3) is 0 Å². The van der Waals surface area contributed by atoms with E-state index in [1.54, 1.807) is 17.9 Å². The minimum absolute atomic E-state index is 0.0501. The summed E-state index contributed by atoms with van der Waals surface area (Å²) in [6.07, 6.45) is 5.34. The highest BCUT2D eigenvalue weighted by Crippen LogP contribution is 2.29. The lowest BCUT2D eigenvalue weighted by molar-refractivity contribution is 0.0849. The van der Waals surface area contributed by atoms with Crippen LogP contribution in [0.15, 0.2) is 24.1 Å². The molecule has 3 aromatic heterocycles. The second kappa shape index (κ2) is 7.85. The molecule has 150 valence electrons. The number of carbonyl (C=O) groups excluding carboxylic acids is 1. The number of rotatable bonds is 7. The van der Waals surface area contributed by atoms with Crippen LogP contribution in [0.4, 0.5) is 0 Å². The molecule has 0 amide bonds. The Kier molecular flexibility index (Phi) is 5.83. The molecule has 0 unspecified atom stereocenters. The summed E-state index contributed by atoms with van der Waals surface area (Å²) in [5.41, 5.74) is 3.89. The number of aromatic nitrogens is 4. The van der Waals surface area contributed by atoms with E-state index in [0.29, 0.717) is 30.1 Å². The normalized spacial score (nSPS) is 12.6. The summed E-state index contributed by atoms with van der Waals surface area (Å²) in [5, 5.41) is 0. The fourth-order valence-electron chi connectivity index (χ4n) is 2.72. The zero-order chi connectivity index (χ0) is 20.5. The second-order valence-corrected chi connectivity index (χ2v) is 15.7. The maximum Gasteiger partial charge on any atom is 0.171 e. The van der Waals surface area contributed by atoms with Crippen LogP contribution in [-0.4, -0.2) is 40.0 Å². The van der Waals surface area contributed by atoms with Gasteiger partial charge in [0.1, 0.15) is 17.9 Å². The van der Waals surface area contributed by atoms with E-state index in [1.165, 1.54) is 11.3 Å².